The molecular weight excluding hydrogens is 310 g/mol. The van der Waals surface area contributed by atoms with Gasteiger partial charge in [0.05, 0.1) is 15.6 Å². The number of hydrogen-bond acceptors (Lipinski definition) is 3. The summed E-state index contributed by atoms with van der Waals surface area (Å²) in [6.07, 6.45) is 2.95. The molecule has 0 aliphatic rings. The second-order valence-corrected chi connectivity index (χ2v) is 5.49. The van der Waals surface area contributed by atoms with E-state index in [-0.39, 0.29) is 11.5 Å². The topological polar surface area (TPSA) is 77.1 Å². The molecule has 0 saturated heterocycles. The van der Waals surface area contributed by atoms with Gasteiger partial charge in [0.1, 0.15) is 0 Å². The predicted octanol–water partition coefficient (Wildman–Crippen LogP) is 1.85. The van der Waals surface area contributed by atoms with Crippen molar-refractivity contribution < 1.29 is 4.79 Å². The van der Waals surface area contributed by atoms with Gasteiger partial charge < -0.3 is 15.6 Å². The van der Waals surface area contributed by atoms with Crippen LogP contribution in [0.3, 0.4) is 0 Å². The number of carbonyl (C=O) groups is 1. The van der Waals surface area contributed by atoms with Gasteiger partial charge in [-0.15, -0.1) is 0 Å². The molecule has 0 spiro atoms. The number of nitrogens with zero attached hydrogens (tertiary/aromatic N) is 1. The van der Waals surface area contributed by atoms with Gasteiger partial charge in [-0.2, -0.15) is 0 Å². The number of nitrogens with one attached hydrogen (secondary N) is 1. The molecule has 6 heteroatoms. The number of pyridine rings is 1. The molecule has 5 nitrogen and oxygen atoms in total. The van der Waals surface area contributed by atoms with E-state index in [1.54, 1.807) is 19.3 Å². The highest BCUT2D eigenvalue weighted by atomic mass is 79.9. The van der Waals surface area contributed by atoms with Crippen LogP contribution >= 0.6 is 15.9 Å². The Labute approximate surface area is 121 Å². The van der Waals surface area contributed by atoms with E-state index in [9.17, 15) is 9.59 Å². The van der Waals surface area contributed by atoms with E-state index in [0.717, 1.165) is 0 Å². The molecule has 0 aromatic carbocycles. The molecule has 0 saturated carbocycles. The minimum atomic E-state index is -0.554. The summed E-state index contributed by atoms with van der Waals surface area (Å²) in [4.78, 5) is 23.9. The van der Waals surface area contributed by atoms with Crippen LogP contribution in [0.5, 0.6) is 0 Å². The Morgan fingerprint density at radius 1 is 1.47 bits per heavy atom. The monoisotopic (exact) mass is 329 g/mol. The molecule has 1 rings (SSSR count). The van der Waals surface area contributed by atoms with E-state index in [2.05, 4.69) is 21.2 Å². The molecule has 1 amide bonds. The molecule has 0 atom stereocenters. The van der Waals surface area contributed by atoms with Crippen molar-refractivity contribution in [3.05, 3.63) is 27.1 Å². The first-order chi connectivity index (χ1) is 8.90. The van der Waals surface area contributed by atoms with Crippen LogP contribution in [0.1, 0.15) is 26.7 Å². The van der Waals surface area contributed by atoms with Gasteiger partial charge >= 0.3 is 0 Å². The molecule has 1 heterocycles. The number of hydrogen-bond donors (Lipinski definition) is 2. The minimum Gasteiger partial charge on any atom is -0.329 e. The highest BCUT2D eigenvalue weighted by Crippen LogP contribution is 2.27. The average molecular weight is 330 g/mol. The van der Waals surface area contributed by atoms with E-state index in [4.69, 9.17) is 5.73 Å². The summed E-state index contributed by atoms with van der Waals surface area (Å²) in [5.74, 6) is -0.106. The van der Waals surface area contributed by atoms with Gasteiger partial charge in [-0.25, -0.2) is 0 Å². The van der Waals surface area contributed by atoms with Crippen molar-refractivity contribution in [3.63, 3.8) is 0 Å². The summed E-state index contributed by atoms with van der Waals surface area (Å²) in [6, 6.07) is 1.60. The number of carbonyl (C=O) groups excluding carboxylic acids is 1. The van der Waals surface area contributed by atoms with Crippen LogP contribution in [0.2, 0.25) is 0 Å². The number of anilines is 1. The van der Waals surface area contributed by atoms with Crippen molar-refractivity contribution in [2.45, 2.75) is 26.7 Å². The molecule has 19 heavy (non-hydrogen) atoms. The van der Waals surface area contributed by atoms with Gasteiger partial charge in [0.15, 0.2) is 0 Å². The second-order valence-electron chi connectivity index (χ2n) is 4.64. The van der Waals surface area contributed by atoms with Crippen molar-refractivity contribution in [1.82, 2.24) is 4.57 Å². The van der Waals surface area contributed by atoms with Crippen LogP contribution in [0.4, 0.5) is 5.69 Å². The lowest BCUT2D eigenvalue weighted by Gasteiger charge is -2.28. The maximum atomic E-state index is 12.3. The lowest BCUT2D eigenvalue weighted by Crippen LogP contribution is -2.41. The second kappa shape index (κ2) is 6.34. The zero-order valence-electron chi connectivity index (χ0n) is 11.5. The fraction of sp³-hybridized carbons (Fsp3) is 0.538. The summed E-state index contributed by atoms with van der Waals surface area (Å²) >= 11 is 3.18. The third-order valence-corrected chi connectivity index (χ3v) is 4.19. The number of rotatable bonds is 5. The van der Waals surface area contributed by atoms with Crippen molar-refractivity contribution in [3.8, 4) is 0 Å². The molecule has 0 radical (unpaired) electrons. The quantitative estimate of drug-likeness (QED) is 0.865. The Hall–Kier alpha value is -1.14. The van der Waals surface area contributed by atoms with Crippen LogP contribution in [-0.2, 0) is 11.8 Å². The van der Waals surface area contributed by atoms with Gasteiger partial charge in [0, 0.05) is 19.8 Å². The van der Waals surface area contributed by atoms with Gasteiger partial charge in [-0.3, -0.25) is 9.59 Å². The summed E-state index contributed by atoms with van der Waals surface area (Å²) in [5.41, 5.74) is 5.63. The van der Waals surface area contributed by atoms with E-state index >= 15 is 0 Å². The van der Waals surface area contributed by atoms with Crippen molar-refractivity contribution >= 4 is 27.5 Å². The standard InChI is InChI=1S/C13H20BrN3O2/c1-4-13(5-2,8-15)12(19)16-9-6-10(14)11(18)17(3)7-9/h6-7H,4-5,8,15H2,1-3H3,(H,16,19). The first-order valence-corrected chi connectivity index (χ1v) is 7.07. The van der Waals surface area contributed by atoms with E-state index < -0.39 is 5.41 Å². The van der Waals surface area contributed by atoms with Crippen molar-refractivity contribution in [2.75, 3.05) is 11.9 Å². The number of aryl methyl sites for hydroxylation is 1. The summed E-state index contributed by atoms with van der Waals surface area (Å²) < 4.78 is 1.83. The van der Waals surface area contributed by atoms with Gasteiger partial charge in [0.25, 0.3) is 5.56 Å². The Bertz CT molecular complexity index is 487. The molecule has 0 aliphatic carbocycles. The maximum Gasteiger partial charge on any atom is 0.264 e. The summed E-state index contributed by atoms with van der Waals surface area (Å²) in [7, 11) is 1.64. The smallest absolute Gasteiger partial charge is 0.264 e. The predicted molar refractivity (Wildman–Crippen MR) is 80.1 cm³/mol. The average Bonchev–Trinajstić information content (AvgIpc) is 2.38. The zero-order valence-corrected chi connectivity index (χ0v) is 13.1. The fourth-order valence-corrected chi connectivity index (χ4v) is 2.48. The van der Waals surface area contributed by atoms with Crippen LogP contribution in [0.25, 0.3) is 0 Å². The molecule has 0 fully saturated rings. The number of halogens is 1. The highest BCUT2D eigenvalue weighted by Gasteiger charge is 2.33. The summed E-state index contributed by atoms with van der Waals surface area (Å²) in [6.45, 7) is 4.21. The molecule has 106 valence electrons. The Kier molecular flexibility index (Phi) is 5.31. The largest absolute Gasteiger partial charge is 0.329 e. The zero-order chi connectivity index (χ0) is 14.6. The lowest BCUT2D eigenvalue weighted by atomic mass is 9.81. The van der Waals surface area contributed by atoms with Gasteiger partial charge in [0.2, 0.25) is 5.91 Å². The molecule has 1 aromatic heterocycles. The number of amides is 1. The van der Waals surface area contributed by atoms with E-state index in [1.807, 2.05) is 13.8 Å². The van der Waals surface area contributed by atoms with Gasteiger partial charge in [-0.1, -0.05) is 13.8 Å². The van der Waals surface area contributed by atoms with Crippen LogP contribution in [0, 0.1) is 5.41 Å². The SMILES string of the molecule is CCC(CC)(CN)C(=O)Nc1cc(Br)c(=O)n(C)c1. The summed E-state index contributed by atoms with van der Waals surface area (Å²) in [5, 5.41) is 2.84. The Balaban J connectivity index is 3.03. The van der Waals surface area contributed by atoms with E-state index in [1.165, 1.54) is 4.57 Å². The molecule has 3 N–H and O–H groups in total. The third kappa shape index (κ3) is 3.25. The van der Waals surface area contributed by atoms with Crippen LogP contribution in [0.15, 0.2) is 21.5 Å². The minimum absolute atomic E-state index is 0.106. The van der Waals surface area contributed by atoms with Crippen molar-refractivity contribution in [1.29, 1.82) is 0 Å². The number of aromatic nitrogens is 1. The Morgan fingerprint density at radius 3 is 2.47 bits per heavy atom. The molecular formula is C13H20BrN3O2. The van der Waals surface area contributed by atoms with Gasteiger partial charge in [-0.05, 0) is 34.8 Å². The fourth-order valence-electron chi connectivity index (χ4n) is 1.96. The van der Waals surface area contributed by atoms with Crippen LogP contribution in [-0.4, -0.2) is 17.0 Å². The third-order valence-electron chi connectivity index (χ3n) is 3.62. The number of nitrogens with two attached hydrogens (primary N) is 1. The molecule has 0 unspecified atom stereocenters. The molecule has 1 aromatic rings. The maximum absolute atomic E-state index is 12.3. The highest BCUT2D eigenvalue weighted by molar-refractivity contribution is 9.10. The first kappa shape index (κ1) is 15.9. The first-order valence-electron chi connectivity index (χ1n) is 6.28. The van der Waals surface area contributed by atoms with E-state index in [0.29, 0.717) is 29.5 Å². The Morgan fingerprint density at radius 2 is 2.05 bits per heavy atom. The van der Waals surface area contributed by atoms with Crippen molar-refractivity contribution in [2.24, 2.45) is 18.2 Å². The normalized spacial score (nSPS) is 11.4. The molecule has 0 bridgehead atoms. The molecule has 0 aliphatic heterocycles. The lowest BCUT2D eigenvalue weighted by molar-refractivity contribution is -0.125. The van der Waals surface area contributed by atoms with Crippen LogP contribution < -0.4 is 16.6 Å².